The number of benzene rings is 4. The molecule has 0 aliphatic carbocycles. The van der Waals surface area contributed by atoms with Gasteiger partial charge in [0.1, 0.15) is 0 Å². The summed E-state index contributed by atoms with van der Waals surface area (Å²) in [4.78, 5) is 4.84. The van der Waals surface area contributed by atoms with Crippen LogP contribution < -0.4 is 0 Å². The second-order valence-corrected chi connectivity index (χ2v) is 8.54. The van der Waals surface area contributed by atoms with Gasteiger partial charge in [-0.1, -0.05) is 78.9 Å². The number of rotatable bonds is 3. The predicted molar refractivity (Wildman–Crippen MR) is 141 cm³/mol. The Kier molecular flexibility index (Phi) is 4.15. The fraction of sp³-hybridized carbons (Fsp3) is 0. The molecule has 3 heterocycles. The Bertz CT molecular complexity index is 1770. The Morgan fingerprint density at radius 3 is 2.09 bits per heavy atom. The second kappa shape index (κ2) is 7.46. The van der Waals surface area contributed by atoms with Crippen LogP contribution in [-0.2, 0) is 0 Å². The van der Waals surface area contributed by atoms with Crippen LogP contribution in [0.15, 0.2) is 128 Å². The lowest BCUT2D eigenvalue weighted by molar-refractivity contribution is 1.11. The number of aromatic nitrogens is 3. The Hall–Kier alpha value is -4.63. The summed E-state index contributed by atoms with van der Waals surface area (Å²) in [6.07, 6.45) is 4.15. The van der Waals surface area contributed by atoms with Crippen LogP contribution in [0.4, 0.5) is 0 Å². The van der Waals surface area contributed by atoms with Crippen LogP contribution in [0.2, 0.25) is 0 Å². The van der Waals surface area contributed by atoms with Crippen molar-refractivity contribution >= 4 is 32.7 Å². The summed E-state index contributed by atoms with van der Waals surface area (Å²) < 4.78 is 4.65. The summed E-state index contributed by atoms with van der Waals surface area (Å²) in [6, 6.07) is 40.4. The first-order chi connectivity index (χ1) is 16.9. The smallest absolute Gasteiger partial charge is 0.0789 e. The Morgan fingerprint density at radius 2 is 1.29 bits per heavy atom. The number of para-hydroxylation sites is 2. The highest BCUT2D eigenvalue weighted by Crippen LogP contribution is 2.37. The molecule has 0 spiro atoms. The maximum atomic E-state index is 4.84. The normalized spacial score (nSPS) is 11.5. The molecule has 3 nitrogen and oxygen atoms in total. The zero-order valence-electron chi connectivity index (χ0n) is 18.5. The van der Waals surface area contributed by atoms with Crippen LogP contribution in [0.1, 0.15) is 0 Å². The van der Waals surface area contributed by atoms with Gasteiger partial charge >= 0.3 is 0 Å². The van der Waals surface area contributed by atoms with E-state index < -0.39 is 0 Å². The number of nitrogens with zero attached hydrogens (tertiary/aromatic N) is 3. The summed E-state index contributed by atoms with van der Waals surface area (Å²) >= 11 is 0. The van der Waals surface area contributed by atoms with Crippen molar-refractivity contribution in [3.63, 3.8) is 0 Å². The molecule has 7 aromatic rings. The molecule has 0 unspecified atom stereocenters. The minimum absolute atomic E-state index is 0.975. The van der Waals surface area contributed by atoms with Gasteiger partial charge in [0.15, 0.2) is 0 Å². The third-order valence-electron chi connectivity index (χ3n) is 6.60. The molecule has 160 valence electrons. The third-order valence-corrected chi connectivity index (χ3v) is 6.60. The molecule has 0 amide bonds. The lowest BCUT2D eigenvalue weighted by Crippen LogP contribution is -1.98. The van der Waals surface area contributed by atoms with Gasteiger partial charge in [-0.05, 0) is 36.4 Å². The van der Waals surface area contributed by atoms with E-state index in [9.17, 15) is 0 Å². The maximum Gasteiger partial charge on any atom is 0.0789 e. The minimum atomic E-state index is 0.975. The predicted octanol–water partition coefficient (Wildman–Crippen LogP) is 7.79. The van der Waals surface area contributed by atoms with E-state index in [4.69, 9.17) is 4.98 Å². The summed E-state index contributed by atoms with van der Waals surface area (Å²) in [5.74, 6) is 0. The van der Waals surface area contributed by atoms with Gasteiger partial charge in [0.25, 0.3) is 0 Å². The number of fused-ring (bicyclic) bond motifs is 5. The Balaban J connectivity index is 1.55. The molecule has 0 fully saturated rings. The zero-order valence-corrected chi connectivity index (χ0v) is 18.5. The average molecular weight is 436 g/mol. The van der Waals surface area contributed by atoms with Crippen molar-refractivity contribution in [1.82, 2.24) is 14.1 Å². The molecule has 0 aliphatic rings. The highest BCUT2D eigenvalue weighted by molar-refractivity contribution is 6.18. The van der Waals surface area contributed by atoms with Crippen LogP contribution in [0.25, 0.3) is 55.3 Å². The number of pyridine rings is 1. The number of hydrogen-bond donors (Lipinski definition) is 0. The maximum absolute atomic E-state index is 4.84. The summed E-state index contributed by atoms with van der Waals surface area (Å²) in [5.41, 5.74) is 7.88. The van der Waals surface area contributed by atoms with Gasteiger partial charge in [0.05, 0.1) is 34.1 Å². The lowest BCUT2D eigenvalue weighted by Gasteiger charge is -2.12. The molecule has 0 radical (unpaired) electrons. The average Bonchev–Trinajstić information content (AvgIpc) is 3.49. The van der Waals surface area contributed by atoms with Crippen LogP contribution in [-0.4, -0.2) is 14.1 Å². The van der Waals surface area contributed by atoms with E-state index >= 15 is 0 Å². The van der Waals surface area contributed by atoms with Crippen LogP contribution >= 0.6 is 0 Å². The van der Waals surface area contributed by atoms with Crippen molar-refractivity contribution in [2.45, 2.75) is 0 Å². The van der Waals surface area contributed by atoms with Crippen molar-refractivity contribution in [3.8, 4) is 22.6 Å². The molecular weight excluding hydrogens is 414 g/mol. The highest BCUT2D eigenvalue weighted by atomic mass is 15.0. The van der Waals surface area contributed by atoms with Crippen molar-refractivity contribution in [2.75, 3.05) is 0 Å². The fourth-order valence-electron chi connectivity index (χ4n) is 5.04. The Morgan fingerprint density at radius 1 is 0.529 bits per heavy atom. The largest absolute Gasteiger partial charge is 0.315 e. The molecule has 0 saturated heterocycles. The van der Waals surface area contributed by atoms with E-state index in [1.165, 1.54) is 32.7 Å². The number of hydrogen-bond acceptors (Lipinski definition) is 1. The van der Waals surface area contributed by atoms with Crippen LogP contribution in [0, 0.1) is 0 Å². The molecule has 34 heavy (non-hydrogen) atoms. The van der Waals surface area contributed by atoms with E-state index in [1.54, 1.807) is 0 Å². The molecule has 4 aromatic carbocycles. The molecule has 0 N–H and O–H groups in total. The van der Waals surface area contributed by atoms with Crippen molar-refractivity contribution in [1.29, 1.82) is 0 Å². The third kappa shape index (κ3) is 2.81. The first kappa shape index (κ1) is 18.9. The Labute approximate surface area is 197 Å². The molecule has 0 atom stereocenters. The van der Waals surface area contributed by atoms with Crippen LogP contribution in [0.3, 0.4) is 0 Å². The second-order valence-electron chi connectivity index (χ2n) is 8.54. The van der Waals surface area contributed by atoms with Gasteiger partial charge in [0, 0.05) is 33.6 Å². The topological polar surface area (TPSA) is 22.8 Å². The van der Waals surface area contributed by atoms with Gasteiger partial charge in [-0.25, -0.2) is 0 Å². The first-order valence-corrected chi connectivity index (χ1v) is 11.5. The first-order valence-electron chi connectivity index (χ1n) is 11.5. The molecule has 3 aromatic heterocycles. The van der Waals surface area contributed by atoms with Crippen LogP contribution in [0.5, 0.6) is 0 Å². The highest BCUT2D eigenvalue weighted by Gasteiger charge is 2.17. The van der Waals surface area contributed by atoms with E-state index in [-0.39, 0.29) is 0 Å². The van der Waals surface area contributed by atoms with Crippen molar-refractivity contribution < 1.29 is 0 Å². The summed E-state index contributed by atoms with van der Waals surface area (Å²) in [6.45, 7) is 0. The van der Waals surface area contributed by atoms with Gasteiger partial charge < -0.3 is 9.13 Å². The molecule has 0 saturated carbocycles. The fourth-order valence-corrected chi connectivity index (χ4v) is 5.04. The molecular formula is C31H21N3. The zero-order chi connectivity index (χ0) is 22.5. The van der Waals surface area contributed by atoms with E-state index in [2.05, 4.69) is 112 Å². The monoisotopic (exact) mass is 435 g/mol. The SMILES string of the molecule is c1ccc(-c2ccc(-n3c4ccccc4c4ccc5ccn(-c6ccccc6)c5c43)cn2)cc1. The molecule has 0 aliphatic heterocycles. The quantitative estimate of drug-likeness (QED) is 0.278. The molecule has 7 rings (SSSR count). The van der Waals surface area contributed by atoms with E-state index in [0.717, 1.165) is 22.6 Å². The molecule has 0 bridgehead atoms. The molecule has 3 heteroatoms. The van der Waals surface area contributed by atoms with Gasteiger partial charge in [0.2, 0.25) is 0 Å². The van der Waals surface area contributed by atoms with Crippen molar-refractivity contribution in [2.24, 2.45) is 0 Å². The summed E-state index contributed by atoms with van der Waals surface area (Å²) in [5, 5.41) is 3.70. The van der Waals surface area contributed by atoms with Crippen molar-refractivity contribution in [3.05, 3.63) is 128 Å². The standard InChI is InChI=1S/C31H21N3/c1-3-9-22(10-4-1)28-18-16-25(21-32-28)34-29-14-8-7-13-26(29)27-17-15-23-19-20-33(30(23)31(27)34)24-11-5-2-6-12-24/h1-21H. The lowest BCUT2D eigenvalue weighted by atomic mass is 10.1. The minimum Gasteiger partial charge on any atom is -0.315 e. The van der Waals surface area contributed by atoms with Gasteiger partial charge in [-0.3, -0.25) is 4.98 Å². The van der Waals surface area contributed by atoms with Gasteiger partial charge in [-0.15, -0.1) is 0 Å². The van der Waals surface area contributed by atoms with Gasteiger partial charge in [-0.2, -0.15) is 0 Å². The summed E-state index contributed by atoms with van der Waals surface area (Å²) in [7, 11) is 0. The van der Waals surface area contributed by atoms with E-state index in [1.807, 2.05) is 24.4 Å². The van der Waals surface area contributed by atoms with E-state index in [0.29, 0.717) is 0 Å².